The molecule has 1 rings (SSSR count). The highest BCUT2D eigenvalue weighted by Gasteiger charge is 2.29. The normalized spacial score (nSPS) is 13.7. The van der Waals surface area contributed by atoms with Crippen molar-refractivity contribution >= 4 is 11.8 Å². The van der Waals surface area contributed by atoms with Crippen LogP contribution in [0.2, 0.25) is 0 Å². The fourth-order valence-electron chi connectivity index (χ4n) is 1.45. The zero-order chi connectivity index (χ0) is 12.9. The van der Waals surface area contributed by atoms with E-state index >= 15 is 0 Å². The number of nitrogens with one attached hydrogen (secondary N) is 1. The largest absolute Gasteiger partial charge is 0.390 e. The van der Waals surface area contributed by atoms with Gasteiger partial charge in [0.1, 0.15) is 0 Å². The molecular formula is C12H16F3NS. The van der Waals surface area contributed by atoms with Crippen molar-refractivity contribution in [1.29, 1.82) is 0 Å². The van der Waals surface area contributed by atoms with Crippen LogP contribution in [0.3, 0.4) is 0 Å². The van der Waals surface area contributed by atoms with Crippen LogP contribution in [-0.2, 0) is 6.54 Å². The summed E-state index contributed by atoms with van der Waals surface area (Å²) in [7, 11) is 0. The third-order valence-electron chi connectivity index (χ3n) is 2.35. The van der Waals surface area contributed by atoms with Gasteiger partial charge in [-0.1, -0.05) is 12.1 Å². The minimum atomic E-state index is -4.10. The SMILES string of the molecule is CSc1ccc(CNC(C)CC(F)(F)F)cc1. The van der Waals surface area contributed by atoms with Gasteiger partial charge in [0.15, 0.2) is 0 Å². The van der Waals surface area contributed by atoms with Crippen molar-refractivity contribution in [2.24, 2.45) is 0 Å². The zero-order valence-corrected chi connectivity index (χ0v) is 10.7. The van der Waals surface area contributed by atoms with Crippen LogP contribution in [0.25, 0.3) is 0 Å². The molecule has 5 heteroatoms. The Morgan fingerprint density at radius 2 is 1.82 bits per heavy atom. The van der Waals surface area contributed by atoms with Crippen LogP contribution >= 0.6 is 11.8 Å². The molecule has 0 bridgehead atoms. The van der Waals surface area contributed by atoms with Crippen molar-refractivity contribution in [3.8, 4) is 0 Å². The molecule has 0 fully saturated rings. The standard InChI is InChI=1S/C12H16F3NS/c1-9(7-12(13,14)15)16-8-10-3-5-11(17-2)6-4-10/h3-6,9,16H,7-8H2,1-2H3. The van der Waals surface area contributed by atoms with Gasteiger partial charge >= 0.3 is 6.18 Å². The molecule has 0 radical (unpaired) electrons. The van der Waals surface area contributed by atoms with E-state index in [1.807, 2.05) is 30.5 Å². The summed E-state index contributed by atoms with van der Waals surface area (Å²) in [5.41, 5.74) is 0.997. The Kier molecular flexibility index (Phi) is 5.33. The predicted molar refractivity (Wildman–Crippen MR) is 65.2 cm³/mol. The van der Waals surface area contributed by atoms with E-state index in [-0.39, 0.29) is 0 Å². The van der Waals surface area contributed by atoms with Crippen molar-refractivity contribution in [3.05, 3.63) is 29.8 Å². The minimum Gasteiger partial charge on any atom is -0.310 e. The topological polar surface area (TPSA) is 12.0 Å². The molecule has 0 saturated heterocycles. The molecule has 0 spiro atoms. The number of hydrogen-bond acceptors (Lipinski definition) is 2. The molecule has 1 nitrogen and oxygen atoms in total. The monoisotopic (exact) mass is 263 g/mol. The van der Waals surface area contributed by atoms with Crippen molar-refractivity contribution < 1.29 is 13.2 Å². The van der Waals surface area contributed by atoms with Crippen molar-refractivity contribution in [3.63, 3.8) is 0 Å². The van der Waals surface area contributed by atoms with Gasteiger partial charge in [-0.05, 0) is 30.9 Å². The van der Waals surface area contributed by atoms with Gasteiger partial charge in [0.05, 0.1) is 6.42 Å². The Morgan fingerprint density at radius 1 is 1.24 bits per heavy atom. The molecule has 0 aromatic heterocycles. The van der Waals surface area contributed by atoms with Crippen LogP contribution < -0.4 is 5.32 Å². The summed E-state index contributed by atoms with van der Waals surface area (Å²) in [5, 5.41) is 2.87. The molecule has 96 valence electrons. The molecule has 1 N–H and O–H groups in total. The van der Waals surface area contributed by atoms with E-state index in [2.05, 4.69) is 5.32 Å². The molecule has 1 aromatic rings. The first kappa shape index (κ1) is 14.4. The number of benzene rings is 1. The summed E-state index contributed by atoms with van der Waals surface area (Å²) in [5.74, 6) is 0. The summed E-state index contributed by atoms with van der Waals surface area (Å²) in [6.45, 7) is 2.01. The number of hydrogen-bond donors (Lipinski definition) is 1. The van der Waals surface area contributed by atoms with Gasteiger partial charge in [-0.25, -0.2) is 0 Å². The maximum Gasteiger partial charge on any atom is 0.390 e. The number of alkyl halides is 3. The molecule has 17 heavy (non-hydrogen) atoms. The molecular weight excluding hydrogens is 247 g/mol. The highest BCUT2D eigenvalue weighted by Crippen LogP contribution is 2.21. The van der Waals surface area contributed by atoms with E-state index in [9.17, 15) is 13.2 Å². The summed E-state index contributed by atoms with van der Waals surface area (Å²) >= 11 is 1.64. The van der Waals surface area contributed by atoms with E-state index in [0.717, 1.165) is 10.5 Å². The minimum absolute atomic E-state index is 0.464. The highest BCUT2D eigenvalue weighted by atomic mass is 32.2. The lowest BCUT2D eigenvalue weighted by Crippen LogP contribution is -2.30. The van der Waals surface area contributed by atoms with E-state index in [0.29, 0.717) is 6.54 Å². The Labute approximate surface area is 104 Å². The van der Waals surface area contributed by atoms with Crippen LogP contribution in [0.15, 0.2) is 29.2 Å². The van der Waals surface area contributed by atoms with Crippen LogP contribution in [-0.4, -0.2) is 18.5 Å². The molecule has 1 aromatic carbocycles. The van der Waals surface area contributed by atoms with Crippen molar-refractivity contribution in [1.82, 2.24) is 5.32 Å². The molecule has 1 unspecified atom stereocenters. The fraction of sp³-hybridized carbons (Fsp3) is 0.500. The molecule has 0 saturated carbocycles. The number of rotatable bonds is 5. The van der Waals surface area contributed by atoms with Crippen LogP contribution in [0, 0.1) is 0 Å². The molecule has 0 aliphatic heterocycles. The van der Waals surface area contributed by atoms with Crippen molar-refractivity contribution in [2.75, 3.05) is 6.26 Å². The van der Waals surface area contributed by atoms with E-state index in [1.54, 1.807) is 18.7 Å². The Balaban J connectivity index is 2.39. The maximum atomic E-state index is 12.1. The summed E-state index contributed by atoms with van der Waals surface area (Å²) < 4.78 is 36.3. The van der Waals surface area contributed by atoms with Gasteiger partial charge in [0.2, 0.25) is 0 Å². The second kappa shape index (κ2) is 6.31. The van der Waals surface area contributed by atoms with Gasteiger partial charge < -0.3 is 5.32 Å². The number of thioether (sulfide) groups is 1. The van der Waals surface area contributed by atoms with Gasteiger partial charge in [-0.3, -0.25) is 0 Å². The van der Waals surface area contributed by atoms with Crippen molar-refractivity contribution in [2.45, 2.75) is 37.0 Å². The molecule has 0 aliphatic rings. The van der Waals surface area contributed by atoms with Gasteiger partial charge in [0, 0.05) is 17.5 Å². The Bertz CT molecular complexity index is 335. The summed E-state index contributed by atoms with van der Waals surface area (Å²) in [6, 6.07) is 7.24. The molecule has 0 aliphatic carbocycles. The number of halogens is 3. The predicted octanol–water partition coefficient (Wildman–Crippen LogP) is 3.84. The first-order chi connectivity index (χ1) is 7.90. The Hall–Kier alpha value is -0.680. The van der Waals surface area contributed by atoms with Gasteiger partial charge in [-0.15, -0.1) is 11.8 Å². The second-order valence-corrected chi connectivity index (χ2v) is 4.83. The average Bonchev–Trinajstić information content (AvgIpc) is 2.25. The summed E-state index contributed by atoms with van der Waals surface area (Å²) in [6.07, 6.45) is -2.91. The molecule has 0 amide bonds. The van der Waals surface area contributed by atoms with E-state index in [4.69, 9.17) is 0 Å². The summed E-state index contributed by atoms with van der Waals surface area (Å²) in [4.78, 5) is 1.15. The average molecular weight is 263 g/mol. The van der Waals surface area contributed by atoms with E-state index in [1.165, 1.54) is 0 Å². The second-order valence-electron chi connectivity index (χ2n) is 3.95. The van der Waals surface area contributed by atoms with Crippen LogP contribution in [0.5, 0.6) is 0 Å². The Morgan fingerprint density at radius 3 is 2.29 bits per heavy atom. The quantitative estimate of drug-likeness (QED) is 0.810. The third kappa shape index (κ3) is 5.98. The fourth-order valence-corrected chi connectivity index (χ4v) is 1.86. The van der Waals surface area contributed by atoms with Gasteiger partial charge in [0.25, 0.3) is 0 Å². The lowest BCUT2D eigenvalue weighted by Gasteiger charge is -2.15. The maximum absolute atomic E-state index is 12.1. The third-order valence-corrected chi connectivity index (χ3v) is 3.09. The van der Waals surface area contributed by atoms with Crippen LogP contribution in [0.1, 0.15) is 18.9 Å². The molecule has 0 heterocycles. The lowest BCUT2D eigenvalue weighted by atomic mass is 10.2. The molecule has 1 atom stereocenters. The lowest BCUT2D eigenvalue weighted by molar-refractivity contribution is -0.139. The first-order valence-corrected chi connectivity index (χ1v) is 6.56. The smallest absolute Gasteiger partial charge is 0.310 e. The first-order valence-electron chi connectivity index (χ1n) is 5.34. The van der Waals surface area contributed by atoms with E-state index < -0.39 is 18.6 Å². The van der Waals surface area contributed by atoms with Gasteiger partial charge in [-0.2, -0.15) is 13.2 Å². The zero-order valence-electron chi connectivity index (χ0n) is 9.84. The highest BCUT2D eigenvalue weighted by molar-refractivity contribution is 7.98. The van der Waals surface area contributed by atoms with Crippen LogP contribution in [0.4, 0.5) is 13.2 Å².